The van der Waals surface area contributed by atoms with Crippen molar-refractivity contribution in [1.82, 2.24) is 4.90 Å². The highest BCUT2D eigenvalue weighted by Crippen LogP contribution is 2.34. The topological polar surface area (TPSA) is 80.2 Å². The SMILES string of the molecule is CCCCCCOc1ccc(NC(=O)C[C@H]2SC(=Nc3ccccc3OC)N(CC)C2=O)cc1. The maximum atomic E-state index is 12.9. The lowest BCUT2D eigenvalue weighted by Crippen LogP contribution is -2.33. The second-order valence-electron chi connectivity index (χ2n) is 7.94. The first kappa shape index (κ1) is 25.6. The van der Waals surface area contributed by atoms with Gasteiger partial charge in [0.1, 0.15) is 22.4 Å². The number of para-hydroxylation sites is 2. The van der Waals surface area contributed by atoms with E-state index in [4.69, 9.17) is 9.47 Å². The van der Waals surface area contributed by atoms with E-state index in [-0.39, 0.29) is 18.2 Å². The van der Waals surface area contributed by atoms with Gasteiger partial charge in [-0.2, -0.15) is 0 Å². The predicted octanol–water partition coefficient (Wildman–Crippen LogP) is 5.63. The molecule has 1 heterocycles. The smallest absolute Gasteiger partial charge is 0.242 e. The van der Waals surface area contributed by atoms with E-state index < -0.39 is 5.25 Å². The minimum absolute atomic E-state index is 0.0701. The minimum Gasteiger partial charge on any atom is -0.494 e. The van der Waals surface area contributed by atoms with Crippen LogP contribution in [0.15, 0.2) is 53.5 Å². The van der Waals surface area contributed by atoms with Crippen molar-refractivity contribution in [3.8, 4) is 11.5 Å². The lowest BCUT2D eigenvalue weighted by Gasteiger charge is -2.14. The van der Waals surface area contributed by atoms with Gasteiger partial charge in [0.2, 0.25) is 11.8 Å². The number of nitrogens with one attached hydrogen (secondary N) is 1. The second-order valence-corrected chi connectivity index (χ2v) is 9.11. The third-order valence-electron chi connectivity index (χ3n) is 5.41. The fraction of sp³-hybridized carbons (Fsp3) is 0.423. The fourth-order valence-electron chi connectivity index (χ4n) is 3.58. The number of methoxy groups -OCH3 is 1. The molecule has 1 atom stereocenters. The van der Waals surface area contributed by atoms with E-state index in [9.17, 15) is 9.59 Å². The molecule has 1 fully saturated rings. The van der Waals surface area contributed by atoms with E-state index in [1.54, 1.807) is 12.0 Å². The second kappa shape index (κ2) is 13.0. The summed E-state index contributed by atoms with van der Waals surface area (Å²) in [7, 11) is 1.59. The summed E-state index contributed by atoms with van der Waals surface area (Å²) >= 11 is 1.31. The number of carbonyl (C=O) groups excluding carboxylic acids is 2. The molecule has 0 bridgehead atoms. The van der Waals surface area contributed by atoms with Crippen LogP contribution in [0.25, 0.3) is 0 Å². The molecule has 8 heteroatoms. The molecule has 0 unspecified atom stereocenters. The van der Waals surface area contributed by atoms with E-state index >= 15 is 0 Å². The van der Waals surface area contributed by atoms with Gasteiger partial charge in [0, 0.05) is 18.7 Å². The van der Waals surface area contributed by atoms with E-state index in [1.165, 1.54) is 31.0 Å². The van der Waals surface area contributed by atoms with E-state index in [1.807, 2.05) is 55.5 Å². The zero-order valence-electron chi connectivity index (χ0n) is 20.1. The lowest BCUT2D eigenvalue weighted by molar-refractivity contribution is -0.128. The van der Waals surface area contributed by atoms with Gasteiger partial charge in [-0.05, 0) is 49.7 Å². The number of ether oxygens (including phenoxy) is 2. The van der Waals surface area contributed by atoms with Crippen LogP contribution in [0.1, 0.15) is 46.0 Å². The first-order chi connectivity index (χ1) is 16.5. The molecule has 2 amide bonds. The third kappa shape index (κ3) is 7.00. The van der Waals surface area contributed by atoms with Crippen LogP contribution in [0.5, 0.6) is 11.5 Å². The van der Waals surface area contributed by atoms with Gasteiger partial charge in [-0.3, -0.25) is 14.5 Å². The molecule has 1 aliphatic heterocycles. The van der Waals surface area contributed by atoms with Crippen LogP contribution in [-0.4, -0.2) is 47.4 Å². The molecular formula is C26H33N3O4S. The number of aliphatic imine (C=N–C) groups is 1. The van der Waals surface area contributed by atoms with Crippen LogP contribution in [-0.2, 0) is 9.59 Å². The quantitative estimate of drug-likeness (QED) is 0.396. The summed E-state index contributed by atoms with van der Waals surface area (Å²) < 4.78 is 11.1. The van der Waals surface area contributed by atoms with E-state index in [0.29, 0.717) is 35.4 Å². The number of anilines is 1. The van der Waals surface area contributed by atoms with Crippen LogP contribution in [0.3, 0.4) is 0 Å². The fourth-order valence-corrected chi connectivity index (χ4v) is 4.79. The van der Waals surface area contributed by atoms with Crippen molar-refractivity contribution in [3.05, 3.63) is 48.5 Å². The molecule has 0 aliphatic carbocycles. The predicted molar refractivity (Wildman–Crippen MR) is 138 cm³/mol. The van der Waals surface area contributed by atoms with Crippen LogP contribution in [0.4, 0.5) is 11.4 Å². The number of rotatable bonds is 12. The van der Waals surface area contributed by atoms with Crippen LogP contribution < -0.4 is 14.8 Å². The Bertz CT molecular complexity index is 994. The minimum atomic E-state index is -0.515. The van der Waals surface area contributed by atoms with Gasteiger partial charge in [-0.1, -0.05) is 50.1 Å². The lowest BCUT2D eigenvalue weighted by atomic mass is 10.2. The molecule has 2 aromatic carbocycles. The molecule has 182 valence electrons. The summed E-state index contributed by atoms with van der Waals surface area (Å²) in [6.45, 7) is 5.26. The van der Waals surface area contributed by atoms with Crippen molar-refractivity contribution in [1.29, 1.82) is 0 Å². The summed E-state index contributed by atoms with van der Waals surface area (Å²) in [6, 6.07) is 14.7. The van der Waals surface area contributed by atoms with Crippen LogP contribution >= 0.6 is 11.8 Å². The molecule has 1 aliphatic rings. The van der Waals surface area contributed by atoms with Crippen LogP contribution in [0, 0.1) is 0 Å². The number of hydrogen-bond donors (Lipinski definition) is 1. The van der Waals surface area contributed by atoms with Gasteiger partial charge in [0.05, 0.1) is 13.7 Å². The molecule has 0 radical (unpaired) electrons. The van der Waals surface area contributed by atoms with Gasteiger partial charge in [0.15, 0.2) is 5.17 Å². The number of unbranched alkanes of at least 4 members (excludes halogenated alkanes) is 3. The molecule has 2 aromatic rings. The normalized spacial score (nSPS) is 16.7. The van der Waals surface area contributed by atoms with Crippen molar-refractivity contribution >= 4 is 40.1 Å². The molecule has 7 nitrogen and oxygen atoms in total. The highest BCUT2D eigenvalue weighted by molar-refractivity contribution is 8.15. The first-order valence-corrected chi connectivity index (χ1v) is 12.7. The van der Waals surface area contributed by atoms with Crippen molar-refractivity contribution in [3.63, 3.8) is 0 Å². The Balaban J connectivity index is 1.56. The highest BCUT2D eigenvalue weighted by atomic mass is 32.2. The number of amides is 2. The summed E-state index contributed by atoms with van der Waals surface area (Å²) in [6.07, 6.45) is 4.70. The molecule has 34 heavy (non-hydrogen) atoms. The average molecular weight is 484 g/mol. The van der Waals surface area contributed by atoms with E-state index in [0.717, 1.165) is 12.2 Å². The van der Waals surface area contributed by atoms with E-state index in [2.05, 4.69) is 17.2 Å². The van der Waals surface area contributed by atoms with Crippen molar-refractivity contribution < 1.29 is 19.1 Å². The number of carbonyl (C=O) groups is 2. The van der Waals surface area contributed by atoms with Crippen LogP contribution in [0.2, 0.25) is 0 Å². The van der Waals surface area contributed by atoms with Crippen molar-refractivity contribution in [2.24, 2.45) is 4.99 Å². The van der Waals surface area contributed by atoms with Crippen molar-refractivity contribution in [2.45, 2.75) is 51.2 Å². The Kier molecular flexibility index (Phi) is 9.82. The maximum Gasteiger partial charge on any atom is 0.242 e. The zero-order valence-corrected chi connectivity index (χ0v) is 20.9. The van der Waals surface area contributed by atoms with Gasteiger partial charge in [-0.25, -0.2) is 4.99 Å². The summed E-state index contributed by atoms with van der Waals surface area (Å²) in [4.78, 5) is 31.8. The molecule has 0 aromatic heterocycles. The first-order valence-electron chi connectivity index (χ1n) is 11.8. The number of benzene rings is 2. The molecule has 3 rings (SSSR count). The number of nitrogens with zero attached hydrogens (tertiary/aromatic N) is 2. The number of thioether (sulfide) groups is 1. The van der Waals surface area contributed by atoms with Gasteiger partial charge >= 0.3 is 0 Å². The molecular weight excluding hydrogens is 450 g/mol. The van der Waals surface area contributed by atoms with Gasteiger partial charge in [0.25, 0.3) is 0 Å². The Morgan fingerprint density at radius 2 is 1.85 bits per heavy atom. The largest absolute Gasteiger partial charge is 0.494 e. The van der Waals surface area contributed by atoms with Gasteiger partial charge in [-0.15, -0.1) is 0 Å². The third-order valence-corrected chi connectivity index (χ3v) is 6.59. The maximum absolute atomic E-state index is 12.9. The van der Waals surface area contributed by atoms with Crippen molar-refractivity contribution in [2.75, 3.05) is 25.6 Å². The number of amidine groups is 1. The average Bonchev–Trinajstić information content (AvgIpc) is 3.13. The molecule has 1 N–H and O–H groups in total. The van der Waals surface area contributed by atoms with Gasteiger partial charge < -0.3 is 14.8 Å². The standard InChI is InChI=1S/C26H33N3O4S/c1-4-6-7-10-17-33-20-15-13-19(14-16-20)27-24(30)18-23-25(31)29(5-2)26(34-23)28-21-11-8-9-12-22(21)32-3/h8-9,11-16,23H,4-7,10,17-18H2,1-3H3,(H,27,30)/t23-/m1/s1. The Morgan fingerprint density at radius 3 is 2.56 bits per heavy atom. The summed E-state index contributed by atoms with van der Waals surface area (Å²) in [5.41, 5.74) is 1.32. The Hall–Kier alpha value is -3.00. The molecule has 0 spiro atoms. The zero-order chi connectivity index (χ0) is 24.3. The Labute approximate surface area is 205 Å². The summed E-state index contributed by atoms with van der Waals surface area (Å²) in [5.74, 6) is 1.09. The molecule has 1 saturated heterocycles. The summed E-state index contributed by atoms with van der Waals surface area (Å²) in [5, 5.41) is 2.94. The molecule has 0 saturated carbocycles. The monoisotopic (exact) mass is 483 g/mol. The number of hydrogen-bond acceptors (Lipinski definition) is 6. The Morgan fingerprint density at radius 1 is 1.09 bits per heavy atom. The highest BCUT2D eigenvalue weighted by Gasteiger charge is 2.38.